The molecule has 0 saturated carbocycles. The number of nitriles is 1. The minimum atomic E-state index is -0.344. The number of fused-ring (bicyclic) bond motifs is 1. The highest BCUT2D eigenvalue weighted by Gasteiger charge is 2.28. The van der Waals surface area contributed by atoms with Crippen molar-refractivity contribution < 1.29 is 23.7 Å². The maximum absolute atomic E-state index is 12.2. The number of hydrogen-bond acceptors (Lipinski definition) is 9. The smallest absolute Gasteiger partial charge is 0.316 e. The predicted octanol–water partition coefficient (Wildman–Crippen LogP) is 3.68. The van der Waals surface area contributed by atoms with Gasteiger partial charge in [0.2, 0.25) is 0 Å². The van der Waals surface area contributed by atoms with Crippen LogP contribution in [-0.4, -0.2) is 62.6 Å². The zero-order valence-electron chi connectivity index (χ0n) is 19.9. The third-order valence-electron chi connectivity index (χ3n) is 5.29. The van der Waals surface area contributed by atoms with E-state index in [0.29, 0.717) is 39.9 Å². The zero-order chi connectivity index (χ0) is 24.1. The van der Waals surface area contributed by atoms with E-state index in [-0.39, 0.29) is 17.8 Å². The molecular weight excluding hydrogens is 442 g/mol. The Bertz CT molecular complexity index is 1080. The number of ether oxygens (including phenoxy) is 4. The van der Waals surface area contributed by atoms with E-state index in [9.17, 15) is 10.1 Å². The molecule has 1 aromatic carbocycles. The molecule has 0 radical (unpaired) electrons. The molecule has 0 spiro atoms. The van der Waals surface area contributed by atoms with E-state index < -0.39 is 0 Å². The van der Waals surface area contributed by atoms with Crippen LogP contribution < -0.4 is 14.2 Å². The summed E-state index contributed by atoms with van der Waals surface area (Å²) < 4.78 is 21.9. The van der Waals surface area contributed by atoms with Gasteiger partial charge >= 0.3 is 5.97 Å². The van der Waals surface area contributed by atoms with Gasteiger partial charge in [-0.3, -0.25) is 4.79 Å². The van der Waals surface area contributed by atoms with E-state index in [1.807, 2.05) is 13.1 Å². The Kier molecular flexibility index (Phi) is 8.06. The number of rotatable bonds is 8. The van der Waals surface area contributed by atoms with Gasteiger partial charge in [0, 0.05) is 42.4 Å². The Labute approximate surface area is 198 Å². The minimum absolute atomic E-state index is 0.0705. The van der Waals surface area contributed by atoms with E-state index in [0.717, 1.165) is 29.8 Å². The highest BCUT2D eigenvalue weighted by Crippen LogP contribution is 2.45. The van der Waals surface area contributed by atoms with Gasteiger partial charge in [-0.15, -0.1) is 0 Å². The van der Waals surface area contributed by atoms with Gasteiger partial charge in [-0.25, -0.2) is 4.98 Å². The van der Waals surface area contributed by atoms with Gasteiger partial charge in [-0.2, -0.15) is 5.26 Å². The number of nitrogens with zero attached hydrogens (tertiary/aromatic N) is 3. The lowest BCUT2D eigenvalue weighted by atomic mass is 9.91. The number of methoxy groups -OCH3 is 3. The lowest BCUT2D eigenvalue weighted by Crippen LogP contribution is -2.28. The van der Waals surface area contributed by atoms with Crippen LogP contribution in [0.15, 0.2) is 17.2 Å². The molecule has 2 heterocycles. The van der Waals surface area contributed by atoms with Crippen molar-refractivity contribution in [3.8, 4) is 34.4 Å². The number of likely N-dealkylation sites (N-methyl/N-ethyl adjacent to an activating group) is 1. The first kappa shape index (κ1) is 24.7. The average molecular weight is 472 g/mol. The molecule has 0 unspecified atom stereocenters. The van der Waals surface area contributed by atoms with E-state index >= 15 is 0 Å². The molecule has 176 valence electrons. The third-order valence-corrected chi connectivity index (χ3v) is 6.24. The summed E-state index contributed by atoms with van der Waals surface area (Å²) in [5.74, 6) is 1.34. The summed E-state index contributed by atoms with van der Waals surface area (Å²) in [6, 6.07) is 5.90. The summed E-state index contributed by atoms with van der Waals surface area (Å²) >= 11 is 1.22. The predicted molar refractivity (Wildman–Crippen MR) is 126 cm³/mol. The summed E-state index contributed by atoms with van der Waals surface area (Å²) in [5, 5.41) is 10.7. The van der Waals surface area contributed by atoms with Crippen molar-refractivity contribution in [1.82, 2.24) is 9.88 Å². The van der Waals surface area contributed by atoms with Crippen LogP contribution in [0.5, 0.6) is 17.2 Å². The van der Waals surface area contributed by atoms with Crippen molar-refractivity contribution in [2.45, 2.75) is 37.9 Å². The zero-order valence-corrected chi connectivity index (χ0v) is 20.7. The Hall–Kier alpha value is -2.96. The van der Waals surface area contributed by atoms with Crippen molar-refractivity contribution in [2.24, 2.45) is 0 Å². The number of carbonyl (C=O) groups is 1. The van der Waals surface area contributed by atoms with Gasteiger partial charge in [0.25, 0.3) is 0 Å². The molecule has 9 heteroatoms. The number of benzene rings is 1. The number of esters is 1. The molecule has 3 rings (SSSR count). The Morgan fingerprint density at radius 2 is 1.85 bits per heavy atom. The fraction of sp³-hybridized carbons (Fsp3) is 0.458. The first-order valence-corrected chi connectivity index (χ1v) is 11.6. The number of aromatic nitrogens is 1. The van der Waals surface area contributed by atoms with Crippen LogP contribution in [0.2, 0.25) is 0 Å². The monoisotopic (exact) mass is 471 g/mol. The van der Waals surface area contributed by atoms with Crippen LogP contribution in [0.25, 0.3) is 11.1 Å². The molecule has 0 saturated heterocycles. The summed E-state index contributed by atoms with van der Waals surface area (Å²) in [5.41, 5.74) is 3.74. The number of pyridine rings is 1. The standard InChI is InChI=1S/C24H29N3O5S/c1-14(2)32-22(28)13-33-24-16(11-25)23(17-12-27(3)8-7-18(17)26-24)15-9-20(30-5)21(31-6)10-19(15)29-4/h9-10,14H,7-8,12-13H2,1-6H3. The van der Waals surface area contributed by atoms with Crippen LogP contribution >= 0.6 is 11.8 Å². The highest BCUT2D eigenvalue weighted by molar-refractivity contribution is 7.99. The Morgan fingerprint density at radius 3 is 2.45 bits per heavy atom. The molecule has 0 amide bonds. The first-order valence-electron chi connectivity index (χ1n) is 10.6. The summed E-state index contributed by atoms with van der Waals surface area (Å²) in [7, 11) is 6.74. The molecule has 0 N–H and O–H groups in total. The molecule has 33 heavy (non-hydrogen) atoms. The van der Waals surface area contributed by atoms with Crippen LogP contribution in [0.4, 0.5) is 0 Å². The Morgan fingerprint density at radius 1 is 1.18 bits per heavy atom. The normalized spacial score (nSPS) is 13.3. The second kappa shape index (κ2) is 10.8. The van der Waals surface area contributed by atoms with E-state index in [1.54, 1.807) is 41.2 Å². The molecule has 1 aliphatic heterocycles. The van der Waals surface area contributed by atoms with Crippen molar-refractivity contribution in [2.75, 3.05) is 40.7 Å². The number of carbonyl (C=O) groups excluding carboxylic acids is 1. The summed E-state index contributed by atoms with van der Waals surface area (Å²) in [4.78, 5) is 19.1. The van der Waals surface area contributed by atoms with Crippen molar-refractivity contribution in [1.29, 1.82) is 5.26 Å². The maximum atomic E-state index is 12.2. The molecule has 1 aromatic heterocycles. The molecule has 0 aliphatic carbocycles. The second-order valence-electron chi connectivity index (χ2n) is 7.93. The summed E-state index contributed by atoms with van der Waals surface area (Å²) in [6.07, 6.45) is 0.539. The van der Waals surface area contributed by atoms with Gasteiger partial charge < -0.3 is 23.8 Å². The van der Waals surface area contributed by atoms with Gasteiger partial charge in [0.05, 0.1) is 38.7 Å². The fourth-order valence-corrected chi connectivity index (χ4v) is 4.61. The van der Waals surface area contributed by atoms with E-state index in [1.165, 1.54) is 11.8 Å². The first-order chi connectivity index (χ1) is 15.8. The van der Waals surface area contributed by atoms with Gasteiger partial charge in [0.15, 0.2) is 11.5 Å². The molecular formula is C24H29N3O5S. The van der Waals surface area contributed by atoms with Gasteiger partial charge in [-0.1, -0.05) is 11.8 Å². The van der Waals surface area contributed by atoms with Crippen LogP contribution in [0.1, 0.15) is 30.7 Å². The lowest BCUT2D eigenvalue weighted by molar-refractivity contribution is -0.144. The van der Waals surface area contributed by atoms with E-state index in [2.05, 4.69) is 11.0 Å². The largest absolute Gasteiger partial charge is 0.496 e. The van der Waals surface area contributed by atoms with Crippen molar-refractivity contribution in [3.63, 3.8) is 0 Å². The second-order valence-corrected chi connectivity index (χ2v) is 8.89. The molecule has 1 aliphatic rings. The maximum Gasteiger partial charge on any atom is 0.316 e. The molecule has 0 atom stereocenters. The van der Waals surface area contributed by atoms with Crippen LogP contribution in [0, 0.1) is 11.3 Å². The SMILES string of the molecule is COc1cc(OC)c(-c2c(C#N)c(SCC(=O)OC(C)C)nc3c2CN(C)CC3)cc1OC. The Balaban J connectivity index is 2.22. The fourth-order valence-electron chi connectivity index (χ4n) is 3.83. The highest BCUT2D eigenvalue weighted by atomic mass is 32.2. The van der Waals surface area contributed by atoms with E-state index in [4.69, 9.17) is 23.9 Å². The van der Waals surface area contributed by atoms with Crippen molar-refractivity contribution in [3.05, 3.63) is 29.0 Å². The number of thioether (sulfide) groups is 1. The van der Waals surface area contributed by atoms with Crippen molar-refractivity contribution >= 4 is 17.7 Å². The van der Waals surface area contributed by atoms with Gasteiger partial charge in [0.1, 0.15) is 16.8 Å². The van der Waals surface area contributed by atoms with Crippen LogP contribution in [0.3, 0.4) is 0 Å². The topological polar surface area (TPSA) is 93.9 Å². The lowest BCUT2D eigenvalue weighted by Gasteiger charge is -2.28. The number of hydrogen-bond donors (Lipinski definition) is 0. The summed E-state index contributed by atoms with van der Waals surface area (Å²) in [6.45, 7) is 5.11. The average Bonchev–Trinajstić information content (AvgIpc) is 2.80. The molecule has 2 aromatic rings. The molecule has 8 nitrogen and oxygen atoms in total. The van der Waals surface area contributed by atoms with Gasteiger partial charge in [-0.05, 0) is 32.5 Å². The van der Waals surface area contributed by atoms with Crippen LogP contribution in [-0.2, 0) is 22.5 Å². The quantitative estimate of drug-likeness (QED) is 0.422. The third kappa shape index (κ3) is 5.34. The molecule has 0 fully saturated rings. The minimum Gasteiger partial charge on any atom is -0.496 e. The molecule has 0 bridgehead atoms.